The molecule has 0 aliphatic rings. The molecule has 0 radical (unpaired) electrons. The molecule has 0 saturated heterocycles. The zero-order chi connectivity index (χ0) is 12.2. The van der Waals surface area contributed by atoms with E-state index in [1.807, 2.05) is 0 Å². The fourth-order valence-corrected chi connectivity index (χ4v) is 1.38. The van der Waals surface area contributed by atoms with Crippen molar-refractivity contribution in [2.75, 3.05) is 6.54 Å². The second-order valence-corrected chi connectivity index (χ2v) is 3.73. The predicted octanol–water partition coefficient (Wildman–Crippen LogP) is 2.91. The fraction of sp³-hybridized carbons (Fsp3) is 0.455. The van der Waals surface area contributed by atoms with Gasteiger partial charge in [0.25, 0.3) is 0 Å². The Morgan fingerprint density at radius 1 is 1.31 bits per heavy atom. The van der Waals surface area contributed by atoms with Gasteiger partial charge in [0.15, 0.2) is 0 Å². The van der Waals surface area contributed by atoms with Gasteiger partial charge in [-0.15, -0.1) is 0 Å². The highest BCUT2D eigenvalue weighted by atomic mass is 19.4. The summed E-state index contributed by atoms with van der Waals surface area (Å²) >= 11 is 0. The number of hydrogen-bond donors (Lipinski definition) is 1. The van der Waals surface area contributed by atoms with Crippen LogP contribution in [0.1, 0.15) is 12.5 Å². The first-order chi connectivity index (χ1) is 7.37. The SMILES string of the molecule is CC(Cc1cccc(F)c1)NCC(F)(F)F. The van der Waals surface area contributed by atoms with Crippen molar-refractivity contribution in [3.05, 3.63) is 35.6 Å². The fourth-order valence-electron chi connectivity index (χ4n) is 1.38. The van der Waals surface area contributed by atoms with Crippen LogP contribution in [-0.2, 0) is 6.42 Å². The third-order valence-electron chi connectivity index (χ3n) is 2.08. The number of hydrogen-bond acceptors (Lipinski definition) is 1. The molecular formula is C11H13F4N. The van der Waals surface area contributed by atoms with Crippen LogP contribution in [-0.4, -0.2) is 18.8 Å². The Kier molecular flexibility index (Phi) is 4.29. The molecule has 0 fully saturated rings. The van der Waals surface area contributed by atoms with E-state index in [4.69, 9.17) is 0 Å². The van der Waals surface area contributed by atoms with Gasteiger partial charge in [0, 0.05) is 6.04 Å². The van der Waals surface area contributed by atoms with E-state index in [1.54, 1.807) is 19.1 Å². The summed E-state index contributed by atoms with van der Waals surface area (Å²) in [5.41, 5.74) is 0.683. The molecule has 5 heteroatoms. The minimum Gasteiger partial charge on any atom is -0.306 e. The summed E-state index contributed by atoms with van der Waals surface area (Å²) in [6, 6.07) is 5.52. The maximum atomic E-state index is 12.8. The van der Waals surface area contributed by atoms with Crippen LogP contribution in [0.5, 0.6) is 0 Å². The summed E-state index contributed by atoms with van der Waals surface area (Å²) in [5.74, 6) is -0.375. The van der Waals surface area contributed by atoms with Crippen molar-refractivity contribution in [2.45, 2.75) is 25.6 Å². The molecule has 0 saturated carbocycles. The van der Waals surface area contributed by atoms with E-state index in [-0.39, 0.29) is 11.9 Å². The summed E-state index contributed by atoms with van der Waals surface area (Å²) in [5, 5.41) is 2.34. The van der Waals surface area contributed by atoms with Crippen LogP contribution >= 0.6 is 0 Å². The Morgan fingerprint density at radius 2 is 2.00 bits per heavy atom. The van der Waals surface area contributed by atoms with Crippen LogP contribution in [0.25, 0.3) is 0 Å². The third kappa shape index (κ3) is 5.11. The third-order valence-corrected chi connectivity index (χ3v) is 2.08. The van der Waals surface area contributed by atoms with Crippen molar-refractivity contribution in [1.29, 1.82) is 0 Å². The lowest BCUT2D eigenvalue weighted by atomic mass is 10.1. The average Bonchev–Trinajstić information content (AvgIpc) is 2.14. The van der Waals surface area contributed by atoms with E-state index in [0.29, 0.717) is 12.0 Å². The molecule has 1 unspecified atom stereocenters. The van der Waals surface area contributed by atoms with Crippen LogP contribution < -0.4 is 5.32 Å². The summed E-state index contributed by atoms with van der Waals surface area (Å²) in [6.07, 6.45) is -3.84. The summed E-state index contributed by atoms with van der Waals surface area (Å²) in [7, 11) is 0. The molecule has 1 aromatic rings. The molecular weight excluding hydrogens is 222 g/mol. The van der Waals surface area contributed by atoms with Gasteiger partial charge in [-0.1, -0.05) is 12.1 Å². The van der Waals surface area contributed by atoms with E-state index >= 15 is 0 Å². The van der Waals surface area contributed by atoms with Crippen molar-refractivity contribution in [2.24, 2.45) is 0 Å². The maximum Gasteiger partial charge on any atom is 0.401 e. The van der Waals surface area contributed by atoms with Crippen molar-refractivity contribution in [3.8, 4) is 0 Å². The smallest absolute Gasteiger partial charge is 0.306 e. The van der Waals surface area contributed by atoms with Gasteiger partial charge in [0.2, 0.25) is 0 Å². The molecule has 1 N–H and O–H groups in total. The van der Waals surface area contributed by atoms with Crippen LogP contribution in [0.3, 0.4) is 0 Å². The topological polar surface area (TPSA) is 12.0 Å². The largest absolute Gasteiger partial charge is 0.401 e. The Hall–Kier alpha value is -1.10. The molecule has 0 spiro atoms. The standard InChI is InChI=1S/C11H13F4N/c1-8(16-7-11(13,14)15)5-9-3-2-4-10(12)6-9/h2-4,6,8,16H,5,7H2,1H3. The highest BCUT2D eigenvalue weighted by Gasteiger charge is 2.27. The lowest BCUT2D eigenvalue weighted by molar-refractivity contribution is -0.126. The monoisotopic (exact) mass is 235 g/mol. The summed E-state index contributed by atoms with van der Waals surface area (Å²) < 4.78 is 48.5. The van der Waals surface area contributed by atoms with E-state index in [0.717, 1.165) is 0 Å². The van der Waals surface area contributed by atoms with Gasteiger partial charge in [0.1, 0.15) is 5.82 Å². The van der Waals surface area contributed by atoms with E-state index in [1.165, 1.54) is 12.1 Å². The van der Waals surface area contributed by atoms with Crippen molar-refractivity contribution >= 4 is 0 Å². The molecule has 0 aliphatic carbocycles. The Balaban J connectivity index is 2.43. The van der Waals surface area contributed by atoms with Gasteiger partial charge in [0.05, 0.1) is 6.54 Å². The Morgan fingerprint density at radius 3 is 2.56 bits per heavy atom. The molecule has 16 heavy (non-hydrogen) atoms. The number of nitrogens with one attached hydrogen (secondary N) is 1. The van der Waals surface area contributed by atoms with E-state index in [2.05, 4.69) is 5.32 Å². The van der Waals surface area contributed by atoms with Gasteiger partial charge in [-0.05, 0) is 31.0 Å². The van der Waals surface area contributed by atoms with Crippen molar-refractivity contribution < 1.29 is 17.6 Å². The second kappa shape index (κ2) is 5.30. The molecule has 0 aromatic heterocycles. The highest BCUT2D eigenvalue weighted by molar-refractivity contribution is 5.17. The van der Waals surface area contributed by atoms with Gasteiger partial charge >= 0.3 is 6.18 Å². The van der Waals surface area contributed by atoms with E-state index in [9.17, 15) is 17.6 Å². The average molecular weight is 235 g/mol. The normalized spacial score (nSPS) is 13.8. The second-order valence-electron chi connectivity index (χ2n) is 3.73. The maximum absolute atomic E-state index is 12.8. The van der Waals surface area contributed by atoms with E-state index < -0.39 is 12.7 Å². The highest BCUT2D eigenvalue weighted by Crippen LogP contribution is 2.13. The first-order valence-corrected chi connectivity index (χ1v) is 4.91. The Labute approximate surface area is 91.5 Å². The molecule has 1 rings (SSSR count). The lowest BCUT2D eigenvalue weighted by Crippen LogP contribution is -2.36. The number of halogens is 4. The predicted molar refractivity (Wildman–Crippen MR) is 53.6 cm³/mol. The number of benzene rings is 1. The quantitative estimate of drug-likeness (QED) is 0.791. The first-order valence-electron chi connectivity index (χ1n) is 4.91. The van der Waals surface area contributed by atoms with Crippen molar-refractivity contribution in [1.82, 2.24) is 5.32 Å². The molecule has 0 amide bonds. The van der Waals surface area contributed by atoms with Gasteiger partial charge < -0.3 is 5.32 Å². The van der Waals surface area contributed by atoms with Crippen LogP contribution in [0, 0.1) is 5.82 Å². The minimum absolute atomic E-state index is 0.344. The Bertz CT molecular complexity index is 335. The number of alkyl halides is 3. The molecule has 1 aromatic carbocycles. The van der Waals surface area contributed by atoms with Crippen LogP contribution in [0.15, 0.2) is 24.3 Å². The molecule has 0 bridgehead atoms. The van der Waals surface area contributed by atoms with Crippen molar-refractivity contribution in [3.63, 3.8) is 0 Å². The number of rotatable bonds is 4. The lowest BCUT2D eigenvalue weighted by Gasteiger charge is -2.15. The van der Waals surface area contributed by atoms with Crippen LogP contribution in [0.2, 0.25) is 0 Å². The van der Waals surface area contributed by atoms with Gasteiger partial charge in [-0.3, -0.25) is 0 Å². The minimum atomic E-state index is -4.21. The van der Waals surface area contributed by atoms with Gasteiger partial charge in [-0.2, -0.15) is 13.2 Å². The molecule has 90 valence electrons. The molecule has 0 aliphatic heterocycles. The summed E-state index contributed by atoms with van der Waals surface area (Å²) in [6.45, 7) is 0.611. The zero-order valence-corrected chi connectivity index (χ0v) is 8.81. The molecule has 0 heterocycles. The first kappa shape index (κ1) is 13.0. The summed E-state index contributed by atoms with van der Waals surface area (Å²) in [4.78, 5) is 0. The van der Waals surface area contributed by atoms with Crippen LogP contribution in [0.4, 0.5) is 17.6 Å². The molecule has 1 nitrogen and oxygen atoms in total. The van der Waals surface area contributed by atoms with Gasteiger partial charge in [-0.25, -0.2) is 4.39 Å². The zero-order valence-electron chi connectivity index (χ0n) is 8.81. The molecule has 1 atom stereocenters.